The van der Waals surface area contributed by atoms with Crippen molar-refractivity contribution in [2.75, 3.05) is 0 Å². The Balaban J connectivity index is 2.17. The first kappa shape index (κ1) is 19.1. The van der Waals surface area contributed by atoms with Gasteiger partial charge in [0.15, 0.2) is 0 Å². The third-order valence-corrected chi connectivity index (χ3v) is 4.40. The van der Waals surface area contributed by atoms with E-state index >= 15 is 0 Å². The zero-order valence-electron chi connectivity index (χ0n) is 14.7. The molecule has 0 bridgehead atoms. The van der Waals surface area contributed by atoms with Crippen LogP contribution in [0.1, 0.15) is 44.0 Å². The van der Waals surface area contributed by atoms with Crippen molar-refractivity contribution in [3.63, 3.8) is 0 Å². The van der Waals surface area contributed by atoms with Gasteiger partial charge in [-0.1, -0.05) is 57.2 Å². The Kier molecular flexibility index (Phi) is 6.26. The van der Waals surface area contributed by atoms with Crippen LogP contribution >= 0.6 is 0 Å². The second kappa shape index (κ2) is 8.21. The molecule has 0 aliphatic rings. The van der Waals surface area contributed by atoms with E-state index in [0.29, 0.717) is 0 Å². The van der Waals surface area contributed by atoms with Crippen LogP contribution in [0.5, 0.6) is 0 Å². The van der Waals surface area contributed by atoms with Gasteiger partial charge in [-0.2, -0.15) is 0 Å². The molecule has 3 atom stereocenters. The van der Waals surface area contributed by atoms with Gasteiger partial charge < -0.3 is 11.1 Å². The van der Waals surface area contributed by atoms with Gasteiger partial charge in [0, 0.05) is 17.7 Å². The highest BCUT2D eigenvalue weighted by Gasteiger charge is 2.27. The van der Waals surface area contributed by atoms with Crippen LogP contribution in [0.25, 0.3) is 0 Å². The molecule has 0 aliphatic heterocycles. The normalized spacial score (nSPS) is 14.8. The minimum Gasteiger partial charge on any atom is -0.349 e. The first-order valence-electron chi connectivity index (χ1n) is 8.37. The van der Waals surface area contributed by atoms with E-state index in [4.69, 9.17) is 5.73 Å². The lowest BCUT2D eigenvalue weighted by Crippen LogP contribution is -2.39. The van der Waals surface area contributed by atoms with E-state index in [9.17, 15) is 13.6 Å². The van der Waals surface area contributed by atoms with E-state index in [0.717, 1.165) is 11.6 Å². The zero-order chi connectivity index (χ0) is 18.6. The molecule has 3 nitrogen and oxygen atoms in total. The molecule has 0 aromatic heterocycles. The third kappa shape index (κ3) is 4.63. The molecule has 2 aromatic carbocycles. The monoisotopic (exact) mass is 346 g/mol. The lowest BCUT2D eigenvalue weighted by molar-refractivity contribution is -0.126. The summed E-state index contributed by atoms with van der Waals surface area (Å²) in [5.41, 5.74) is 7.32. The van der Waals surface area contributed by atoms with Crippen LogP contribution in [0, 0.1) is 23.5 Å². The van der Waals surface area contributed by atoms with Crippen LogP contribution in [0.3, 0.4) is 0 Å². The molecule has 0 radical (unpaired) electrons. The number of benzene rings is 2. The van der Waals surface area contributed by atoms with Crippen molar-refractivity contribution >= 4 is 5.91 Å². The van der Waals surface area contributed by atoms with Crippen LogP contribution in [-0.2, 0) is 4.79 Å². The summed E-state index contributed by atoms with van der Waals surface area (Å²) in [5.74, 6) is -2.14. The highest BCUT2D eigenvalue weighted by molar-refractivity contribution is 5.79. The SMILES string of the molecule is CC(C)C(NC(=O)C(C)C(N)c1ccccc1)c1ccc(F)cc1F. The Labute approximate surface area is 147 Å². The van der Waals surface area contributed by atoms with Gasteiger partial charge >= 0.3 is 0 Å². The standard InChI is InChI=1S/C20H24F2N2O/c1-12(2)19(16-10-9-15(21)11-17(16)22)24-20(25)13(3)18(23)14-7-5-4-6-8-14/h4-13,18-19H,23H2,1-3H3,(H,24,25). The lowest BCUT2D eigenvalue weighted by Gasteiger charge is -2.27. The molecule has 1 amide bonds. The molecule has 0 heterocycles. The van der Waals surface area contributed by atoms with E-state index < -0.39 is 29.6 Å². The van der Waals surface area contributed by atoms with E-state index in [2.05, 4.69) is 5.32 Å². The number of nitrogens with one attached hydrogen (secondary N) is 1. The molecule has 25 heavy (non-hydrogen) atoms. The second-order valence-electron chi connectivity index (χ2n) is 6.62. The van der Waals surface area contributed by atoms with Crippen molar-refractivity contribution in [3.8, 4) is 0 Å². The van der Waals surface area contributed by atoms with Crippen molar-refractivity contribution in [1.29, 1.82) is 0 Å². The second-order valence-corrected chi connectivity index (χ2v) is 6.62. The van der Waals surface area contributed by atoms with E-state index in [1.807, 2.05) is 44.2 Å². The van der Waals surface area contributed by atoms with Gasteiger partial charge in [0.1, 0.15) is 11.6 Å². The predicted octanol–water partition coefficient (Wildman–Crippen LogP) is 4.11. The Morgan fingerprint density at radius 2 is 1.68 bits per heavy atom. The Bertz CT molecular complexity index is 719. The van der Waals surface area contributed by atoms with Crippen molar-refractivity contribution in [1.82, 2.24) is 5.32 Å². The van der Waals surface area contributed by atoms with Gasteiger partial charge in [0.25, 0.3) is 0 Å². The summed E-state index contributed by atoms with van der Waals surface area (Å²) < 4.78 is 27.3. The van der Waals surface area contributed by atoms with Gasteiger partial charge in [0.2, 0.25) is 5.91 Å². The van der Waals surface area contributed by atoms with Gasteiger partial charge in [0.05, 0.1) is 12.0 Å². The molecule has 2 rings (SSSR count). The van der Waals surface area contributed by atoms with Crippen LogP contribution in [0.4, 0.5) is 8.78 Å². The molecule has 134 valence electrons. The molecule has 3 unspecified atom stereocenters. The number of hydrogen-bond donors (Lipinski definition) is 2. The quantitative estimate of drug-likeness (QED) is 0.827. The number of carbonyl (C=O) groups is 1. The molecule has 0 aliphatic carbocycles. The summed E-state index contributed by atoms with van der Waals surface area (Å²) in [6.45, 7) is 5.48. The maximum absolute atomic E-state index is 14.1. The lowest BCUT2D eigenvalue weighted by atomic mass is 9.91. The largest absolute Gasteiger partial charge is 0.349 e. The number of nitrogens with two attached hydrogens (primary N) is 1. The van der Waals surface area contributed by atoms with Gasteiger partial charge in [-0.05, 0) is 17.5 Å². The van der Waals surface area contributed by atoms with E-state index in [1.54, 1.807) is 6.92 Å². The summed E-state index contributed by atoms with van der Waals surface area (Å²) in [7, 11) is 0. The fourth-order valence-corrected chi connectivity index (χ4v) is 2.77. The molecule has 3 N–H and O–H groups in total. The number of rotatable bonds is 6. The molecule has 0 fully saturated rings. The van der Waals surface area contributed by atoms with Crippen LogP contribution < -0.4 is 11.1 Å². The third-order valence-electron chi connectivity index (χ3n) is 4.40. The van der Waals surface area contributed by atoms with E-state index in [1.165, 1.54) is 12.1 Å². The summed E-state index contributed by atoms with van der Waals surface area (Å²) >= 11 is 0. The average molecular weight is 346 g/mol. The molecule has 0 saturated heterocycles. The van der Waals surface area contributed by atoms with Gasteiger partial charge in [-0.25, -0.2) is 8.78 Å². The average Bonchev–Trinajstić information content (AvgIpc) is 2.59. The summed E-state index contributed by atoms with van der Waals surface area (Å²) in [4.78, 5) is 12.6. The summed E-state index contributed by atoms with van der Waals surface area (Å²) in [6.07, 6.45) is 0. The number of halogens is 2. The fourth-order valence-electron chi connectivity index (χ4n) is 2.77. The molecule has 2 aromatic rings. The Hall–Kier alpha value is -2.27. The van der Waals surface area contributed by atoms with Gasteiger partial charge in [-0.3, -0.25) is 4.79 Å². The molecular formula is C20H24F2N2O. The van der Waals surface area contributed by atoms with Crippen molar-refractivity contribution in [2.24, 2.45) is 17.6 Å². The molecule has 0 saturated carbocycles. The maximum Gasteiger partial charge on any atom is 0.225 e. The smallest absolute Gasteiger partial charge is 0.225 e. The van der Waals surface area contributed by atoms with Crippen molar-refractivity contribution in [3.05, 3.63) is 71.3 Å². The molecule has 0 spiro atoms. The highest BCUT2D eigenvalue weighted by Crippen LogP contribution is 2.27. The van der Waals surface area contributed by atoms with Crippen molar-refractivity contribution in [2.45, 2.75) is 32.9 Å². The fraction of sp³-hybridized carbons (Fsp3) is 0.350. The number of carbonyl (C=O) groups excluding carboxylic acids is 1. The first-order valence-corrected chi connectivity index (χ1v) is 8.37. The maximum atomic E-state index is 14.1. The van der Waals surface area contributed by atoms with Crippen LogP contribution in [0.2, 0.25) is 0 Å². The molecular weight excluding hydrogens is 322 g/mol. The summed E-state index contributed by atoms with van der Waals surface area (Å²) in [6, 6.07) is 11.7. The summed E-state index contributed by atoms with van der Waals surface area (Å²) in [5, 5.41) is 2.86. The highest BCUT2D eigenvalue weighted by atomic mass is 19.1. The number of amides is 1. The molecule has 5 heteroatoms. The van der Waals surface area contributed by atoms with E-state index in [-0.39, 0.29) is 17.4 Å². The first-order chi connectivity index (χ1) is 11.8. The topological polar surface area (TPSA) is 55.1 Å². The van der Waals surface area contributed by atoms with Crippen LogP contribution in [-0.4, -0.2) is 5.91 Å². The number of hydrogen-bond acceptors (Lipinski definition) is 2. The van der Waals surface area contributed by atoms with Crippen LogP contribution in [0.15, 0.2) is 48.5 Å². The Morgan fingerprint density at radius 1 is 1.04 bits per heavy atom. The minimum atomic E-state index is -0.668. The zero-order valence-corrected chi connectivity index (χ0v) is 14.7. The minimum absolute atomic E-state index is 0.0657. The Morgan fingerprint density at radius 3 is 2.24 bits per heavy atom. The van der Waals surface area contributed by atoms with Gasteiger partial charge in [-0.15, -0.1) is 0 Å². The predicted molar refractivity (Wildman–Crippen MR) is 94.6 cm³/mol. The van der Waals surface area contributed by atoms with Crippen molar-refractivity contribution < 1.29 is 13.6 Å².